The van der Waals surface area contributed by atoms with Crippen molar-refractivity contribution in [3.8, 4) is 11.5 Å². The Hall–Kier alpha value is -2.80. The van der Waals surface area contributed by atoms with Gasteiger partial charge in [0.2, 0.25) is 5.91 Å². The van der Waals surface area contributed by atoms with E-state index in [4.69, 9.17) is 9.47 Å². The summed E-state index contributed by atoms with van der Waals surface area (Å²) in [5.41, 5.74) is 0.360. The van der Waals surface area contributed by atoms with E-state index in [1.165, 1.54) is 22.6 Å². The molecule has 0 aliphatic heterocycles. The van der Waals surface area contributed by atoms with Gasteiger partial charge in [0, 0.05) is 6.07 Å². The summed E-state index contributed by atoms with van der Waals surface area (Å²) < 4.78 is 12.8. The minimum absolute atomic E-state index is 0.162. The first-order chi connectivity index (χ1) is 12.0. The van der Waals surface area contributed by atoms with Gasteiger partial charge in [-0.15, -0.1) is 0 Å². The summed E-state index contributed by atoms with van der Waals surface area (Å²) in [6.07, 6.45) is 0. The number of carbonyl (C=O) groups excluding carboxylic acids is 1. The van der Waals surface area contributed by atoms with Crippen LogP contribution in [0.25, 0.3) is 10.1 Å². The van der Waals surface area contributed by atoms with Crippen LogP contribution in [0.2, 0.25) is 0 Å². The van der Waals surface area contributed by atoms with Gasteiger partial charge < -0.3 is 14.8 Å². The summed E-state index contributed by atoms with van der Waals surface area (Å²) in [7, 11) is 3.08. The highest BCUT2D eigenvalue weighted by atomic mass is 32.1. The maximum absolute atomic E-state index is 12.6. The number of carbonyl (C=O) groups is 1. The fraction of sp³-hybridized carbons (Fsp3) is 0.222. The van der Waals surface area contributed by atoms with Gasteiger partial charge in [-0.05, 0) is 31.2 Å². The highest BCUT2D eigenvalue weighted by Crippen LogP contribution is 2.30. The van der Waals surface area contributed by atoms with Gasteiger partial charge in [-0.3, -0.25) is 13.5 Å². The number of hydrogen-bond donors (Lipinski definition) is 1. The second-order valence-corrected chi connectivity index (χ2v) is 6.47. The molecule has 3 rings (SSSR count). The number of aromatic nitrogens is 1. The van der Waals surface area contributed by atoms with E-state index in [9.17, 15) is 9.59 Å². The molecule has 2 aromatic carbocycles. The maximum Gasteiger partial charge on any atom is 0.269 e. The molecule has 0 spiro atoms. The maximum atomic E-state index is 12.6. The van der Waals surface area contributed by atoms with E-state index in [-0.39, 0.29) is 11.5 Å². The topological polar surface area (TPSA) is 69.6 Å². The Morgan fingerprint density at radius 2 is 1.92 bits per heavy atom. The van der Waals surface area contributed by atoms with Crippen LogP contribution in [0.3, 0.4) is 0 Å². The molecule has 1 atom stereocenters. The van der Waals surface area contributed by atoms with E-state index in [0.717, 1.165) is 4.70 Å². The average Bonchev–Trinajstić information content (AvgIpc) is 2.98. The molecule has 7 heteroatoms. The fourth-order valence-corrected chi connectivity index (χ4v) is 3.53. The van der Waals surface area contributed by atoms with Crippen molar-refractivity contribution in [1.82, 2.24) is 3.96 Å². The summed E-state index contributed by atoms with van der Waals surface area (Å²) >= 11 is 1.28. The highest BCUT2D eigenvalue weighted by Gasteiger charge is 2.21. The van der Waals surface area contributed by atoms with Crippen LogP contribution in [0.1, 0.15) is 13.0 Å². The molecule has 0 bridgehead atoms. The molecule has 6 nitrogen and oxygen atoms in total. The third-order valence-corrected chi connectivity index (χ3v) is 5.14. The van der Waals surface area contributed by atoms with Crippen LogP contribution >= 0.6 is 11.5 Å². The van der Waals surface area contributed by atoms with Crippen molar-refractivity contribution in [1.29, 1.82) is 0 Å². The van der Waals surface area contributed by atoms with E-state index in [0.29, 0.717) is 22.6 Å². The van der Waals surface area contributed by atoms with Gasteiger partial charge in [-0.1, -0.05) is 23.7 Å². The number of amides is 1. The number of nitrogens with zero attached hydrogens (tertiary/aromatic N) is 1. The zero-order valence-electron chi connectivity index (χ0n) is 14.1. The third kappa shape index (κ3) is 3.23. The number of methoxy groups -OCH3 is 2. The Kier molecular flexibility index (Phi) is 4.76. The zero-order valence-corrected chi connectivity index (χ0v) is 14.9. The lowest BCUT2D eigenvalue weighted by Gasteiger charge is -2.15. The van der Waals surface area contributed by atoms with Crippen LogP contribution in [0, 0.1) is 0 Å². The van der Waals surface area contributed by atoms with Crippen LogP contribution in [0.15, 0.2) is 47.3 Å². The Morgan fingerprint density at radius 3 is 2.60 bits per heavy atom. The summed E-state index contributed by atoms with van der Waals surface area (Å²) in [5.74, 6) is 0.823. The van der Waals surface area contributed by atoms with Crippen LogP contribution in [-0.4, -0.2) is 24.1 Å². The van der Waals surface area contributed by atoms with E-state index >= 15 is 0 Å². The van der Waals surface area contributed by atoms with Crippen LogP contribution in [0.4, 0.5) is 5.69 Å². The van der Waals surface area contributed by atoms with E-state index < -0.39 is 6.04 Å². The second-order valence-electron chi connectivity index (χ2n) is 5.45. The molecule has 1 amide bonds. The van der Waals surface area contributed by atoms with E-state index in [1.54, 1.807) is 38.3 Å². The molecule has 1 aromatic heterocycles. The predicted molar refractivity (Wildman–Crippen MR) is 99.0 cm³/mol. The highest BCUT2D eigenvalue weighted by molar-refractivity contribution is 7.14. The first-order valence-corrected chi connectivity index (χ1v) is 8.46. The number of ether oxygens (including phenoxy) is 2. The molecular weight excluding hydrogens is 340 g/mol. The van der Waals surface area contributed by atoms with Gasteiger partial charge in [0.15, 0.2) is 0 Å². The molecule has 25 heavy (non-hydrogen) atoms. The Balaban J connectivity index is 1.88. The molecule has 1 unspecified atom stereocenters. The number of benzene rings is 2. The molecule has 0 aliphatic rings. The number of rotatable bonds is 5. The largest absolute Gasteiger partial charge is 0.497 e. The monoisotopic (exact) mass is 358 g/mol. The van der Waals surface area contributed by atoms with E-state index in [1.807, 2.05) is 18.2 Å². The molecule has 0 aliphatic carbocycles. The standard InChI is InChI=1S/C18H18N2O4S/c1-11(20-18(22)13-6-4-5-7-16(13)25-20)17(21)19-14-9-8-12(23-2)10-15(14)24-3/h4-11H,1-3H3,(H,19,21). The summed E-state index contributed by atoms with van der Waals surface area (Å²) in [4.78, 5) is 25.1. The van der Waals surface area contributed by atoms with Crippen molar-refractivity contribution in [2.45, 2.75) is 13.0 Å². The lowest BCUT2D eigenvalue weighted by Crippen LogP contribution is -2.28. The minimum atomic E-state index is -0.642. The van der Waals surface area contributed by atoms with Crippen LogP contribution < -0.4 is 20.3 Å². The van der Waals surface area contributed by atoms with Crippen molar-refractivity contribution < 1.29 is 14.3 Å². The zero-order chi connectivity index (χ0) is 18.0. The normalized spacial score (nSPS) is 12.0. The molecule has 0 saturated carbocycles. The smallest absolute Gasteiger partial charge is 0.269 e. The number of anilines is 1. The van der Waals surface area contributed by atoms with E-state index in [2.05, 4.69) is 5.32 Å². The lowest BCUT2D eigenvalue weighted by atomic mass is 10.2. The van der Waals surface area contributed by atoms with Gasteiger partial charge in [0.05, 0.1) is 30.0 Å². The summed E-state index contributed by atoms with van der Waals surface area (Å²) in [6, 6.07) is 11.8. The lowest BCUT2D eigenvalue weighted by molar-refractivity contribution is -0.118. The van der Waals surface area contributed by atoms with Gasteiger partial charge in [-0.2, -0.15) is 0 Å². The molecule has 1 N–H and O–H groups in total. The van der Waals surface area contributed by atoms with Crippen molar-refractivity contribution in [3.63, 3.8) is 0 Å². The Bertz CT molecular complexity index is 977. The van der Waals surface area contributed by atoms with Gasteiger partial charge >= 0.3 is 0 Å². The van der Waals surface area contributed by atoms with Crippen molar-refractivity contribution in [2.24, 2.45) is 0 Å². The minimum Gasteiger partial charge on any atom is -0.497 e. The van der Waals surface area contributed by atoms with Gasteiger partial charge in [0.1, 0.15) is 17.5 Å². The molecule has 130 valence electrons. The van der Waals surface area contributed by atoms with Crippen LogP contribution in [-0.2, 0) is 4.79 Å². The summed E-state index contributed by atoms with van der Waals surface area (Å²) in [5, 5.41) is 3.43. The molecule has 3 aromatic rings. The summed E-state index contributed by atoms with van der Waals surface area (Å²) in [6.45, 7) is 1.70. The second kappa shape index (κ2) is 6.98. The SMILES string of the molecule is COc1ccc(NC(=O)C(C)n2sc3ccccc3c2=O)c(OC)c1. The average molecular weight is 358 g/mol. The third-order valence-electron chi connectivity index (χ3n) is 3.91. The first-order valence-electron chi connectivity index (χ1n) is 7.68. The fourth-order valence-electron chi connectivity index (χ4n) is 2.49. The number of hydrogen-bond acceptors (Lipinski definition) is 5. The van der Waals surface area contributed by atoms with Crippen molar-refractivity contribution in [3.05, 3.63) is 52.8 Å². The molecule has 0 fully saturated rings. The Morgan fingerprint density at radius 1 is 1.16 bits per heavy atom. The molecule has 0 radical (unpaired) electrons. The van der Waals surface area contributed by atoms with Gasteiger partial charge in [-0.25, -0.2) is 0 Å². The van der Waals surface area contributed by atoms with Crippen molar-refractivity contribution >= 4 is 33.2 Å². The first kappa shape index (κ1) is 17.0. The number of nitrogens with one attached hydrogen (secondary N) is 1. The predicted octanol–water partition coefficient (Wildman–Crippen LogP) is 3.28. The molecule has 1 heterocycles. The van der Waals surface area contributed by atoms with Crippen LogP contribution in [0.5, 0.6) is 11.5 Å². The molecular formula is C18H18N2O4S. The number of fused-ring (bicyclic) bond motifs is 1. The quantitative estimate of drug-likeness (QED) is 0.760. The molecule has 0 saturated heterocycles. The Labute approximate surface area is 148 Å². The van der Waals surface area contributed by atoms with Crippen molar-refractivity contribution in [2.75, 3.05) is 19.5 Å². The van der Waals surface area contributed by atoms with Gasteiger partial charge in [0.25, 0.3) is 5.56 Å².